The van der Waals surface area contributed by atoms with Crippen LogP contribution in [0.3, 0.4) is 0 Å². The first-order valence-electron chi connectivity index (χ1n) is 2.62. The lowest BCUT2D eigenvalue weighted by atomic mass is 10.1. The molecular formula is C5H12O2S. The molecule has 0 radical (unpaired) electrons. The van der Waals surface area contributed by atoms with E-state index in [0.29, 0.717) is 12.5 Å². The Morgan fingerprint density at radius 3 is 2.62 bits per heavy atom. The third-order valence-corrected chi connectivity index (χ3v) is 1.28. The predicted octanol–water partition coefficient (Wildman–Crippen LogP) is 0.128. The largest absolute Gasteiger partial charge is 0.396 e. The smallest absolute Gasteiger partial charge is 0.0517 e. The third-order valence-electron chi connectivity index (χ3n) is 1.28. The quantitative estimate of drug-likeness (QED) is 0.555. The highest BCUT2D eigenvalue weighted by atomic mass is 32.1. The van der Waals surface area contributed by atoms with Crippen molar-refractivity contribution < 1.29 is 9.84 Å². The van der Waals surface area contributed by atoms with Crippen molar-refractivity contribution in [2.75, 3.05) is 19.8 Å². The van der Waals surface area contributed by atoms with Crippen molar-refractivity contribution in [1.82, 2.24) is 0 Å². The molecule has 8 heavy (non-hydrogen) atoms. The molecule has 0 bridgehead atoms. The molecule has 1 fully saturated rings. The van der Waals surface area contributed by atoms with Gasteiger partial charge in [-0.25, -0.2) is 0 Å². The van der Waals surface area contributed by atoms with E-state index in [-0.39, 0.29) is 13.5 Å². The van der Waals surface area contributed by atoms with Crippen molar-refractivity contribution in [3.63, 3.8) is 0 Å². The average molecular weight is 136 g/mol. The molecule has 0 amide bonds. The second-order valence-corrected chi connectivity index (χ2v) is 1.91. The predicted molar refractivity (Wildman–Crippen MR) is 36.4 cm³/mol. The van der Waals surface area contributed by atoms with Gasteiger partial charge in [0.05, 0.1) is 6.61 Å². The Kier molecular flexibility index (Phi) is 4.32. The molecule has 0 spiro atoms. The second kappa shape index (κ2) is 4.18. The summed E-state index contributed by atoms with van der Waals surface area (Å²) in [6.07, 6.45) is 1.04. The van der Waals surface area contributed by atoms with Crippen molar-refractivity contribution in [2.45, 2.75) is 6.42 Å². The number of hydrogen-bond acceptors (Lipinski definition) is 2. The lowest BCUT2D eigenvalue weighted by molar-refractivity contribution is 0.161. The number of ether oxygens (including phenoxy) is 1. The molecule has 1 rings (SSSR count). The normalized spacial score (nSPS) is 27.4. The van der Waals surface area contributed by atoms with Crippen LogP contribution >= 0.6 is 13.5 Å². The molecule has 50 valence electrons. The van der Waals surface area contributed by atoms with E-state index in [9.17, 15) is 0 Å². The SMILES string of the molecule is OC[C@@H]1CCOC1.S. The summed E-state index contributed by atoms with van der Waals surface area (Å²) in [5, 5.41) is 8.49. The minimum atomic E-state index is 0. The van der Waals surface area contributed by atoms with Crippen LogP contribution in [0, 0.1) is 5.92 Å². The Hall–Kier alpha value is 0.270. The molecule has 0 unspecified atom stereocenters. The molecule has 0 aromatic rings. The van der Waals surface area contributed by atoms with Crippen LogP contribution in [0.2, 0.25) is 0 Å². The molecule has 1 atom stereocenters. The molecule has 1 N–H and O–H groups in total. The van der Waals surface area contributed by atoms with E-state index in [2.05, 4.69) is 0 Å². The summed E-state index contributed by atoms with van der Waals surface area (Å²) in [6, 6.07) is 0. The lowest BCUT2D eigenvalue weighted by Crippen LogP contribution is -2.03. The van der Waals surface area contributed by atoms with Gasteiger partial charge in [-0.2, -0.15) is 13.5 Å². The Labute approximate surface area is 56.3 Å². The Bertz CT molecular complexity index is 52.4. The van der Waals surface area contributed by atoms with Gasteiger partial charge < -0.3 is 9.84 Å². The van der Waals surface area contributed by atoms with Crippen molar-refractivity contribution in [2.24, 2.45) is 5.92 Å². The topological polar surface area (TPSA) is 29.5 Å². The summed E-state index contributed by atoms with van der Waals surface area (Å²) in [5.41, 5.74) is 0. The maximum atomic E-state index is 8.49. The average Bonchev–Trinajstić information content (AvgIpc) is 2.14. The molecule has 1 aliphatic rings. The monoisotopic (exact) mass is 136 g/mol. The fourth-order valence-corrected chi connectivity index (χ4v) is 0.727. The zero-order chi connectivity index (χ0) is 5.11. The van der Waals surface area contributed by atoms with Crippen molar-refractivity contribution in [3.8, 4) is 0 Å². The fraction of sp³-hybridized carbons (Fsp3) is 1.00. The first-order chi connectivity index (χ1) is 3.43. The standard InChI is InChI=1S/C5H10O2.H2S/c6-3-5-1-2-7-4-5;/h5-6H,1-4H2;1H2/t5-;/m0./s1. The van der Waals surface area contributed by atoms with Crippen LogP contribution in [0.1, 0.15) is 6.42 Å². The van der Waals surface area contributed by atoms with Crippen LogP contribution in [-0.4, -0.2) is 24.9 Å². The summed E-state index contributed by atoms with van der Waals surface area (Å²) in [7, 11) is 0. The minimum absolute atomic E-state index is 0. The van der Waals surface area contributed by atoms with E-state index in [1.807, 2.05) is 0 Å². The fourth-order valence-electron chi connectivity index (χ4n) is 0.727. The lowest BCUT2D eigenvalue weighted by Gasteiger charge is -1.96. The number of hydrogen-bond donors (Lipinski definition) is 1. The van der Waals surface area contributed by atoms with Gasteiger partial charge >= 0.3 is 0 Å². The van der Waals surface area contributed by atoms with E-state index < -0.39 is 0 Å². The van der Waals surface area contributed by atoms with Crippen LogP contribution in [0.25, 0.3) is 0 Å². The second-order valence-electron chi connectivity index (χ2n) is 1.91. The molecule has 0 saturated carbocycles. The van der Waals surface area contributed by atoms with Gasteiger partial charge in [0.15, 0.2) is 0 Å². The van der Waals surface area contributed by atoms with Crippen molar-refractivity contribution in [3.05, 3.63) is 0 Å². The van der Waals surface area contributed by atoms with Crippen LogP contribution < -0.4 is 0 Å². The summed E-state index contributed by atoms with van der Waals surface area (Å²) < 4.78 is 4.99. The van der Waals surface area contributed by atoms with Gasteiger partial charge in [-0.15, -0.1) is 0 Å². The zero-order valence-electron chi connectivity index (χ0n) is 4.76. The molecule has 3 heteroatoms. The van der Waals surface area contributed by atoms with Gasteiger partial charge in [-0.1, -0.05) is 0 Å². The zero-order valence-corrected chi connectivity index (χ0v) is 5.76. The van der Waals surface area contributed by atoms with Gasteiger partial charge in [-0.3, -0.25) is 0 Å². The first-order valence-corrected chi connectivity index (χ1v) is 2.62. The van der Waals surface area contributed by atoms with Gasteiger partial charge in [0.25, 0.3) is 0 Å². The maximum Gasteiger partial charge on any atom is 0.0517 e. The van der Waals surface area contributed by atoms with Gasteiger partial charge in [0.2, 0.25) is 0 Å². The molecule has 1 heterocycles. The molecule has 0 aromatic carbocycles. The summed E-state index contributed by atoms with van der Waals surface area (Å²) in [4.78, 5) is 0. The van der Waals surface area contributed by atoms with Crippen LogP contribution in [0.4, 0.5) is 0 Å². The van der Waals surface area contributed by atoms with Gasteiger partial charge in [0, 0.05) is 19.1 Å². The van der Waals surface area contributed by atoms with E-state index in [0.717, 1.165) is 19.6 Å². The Morgan fingerprint density at radius 2 is 2.38 bits per heavy atom. The molecule has 1 aliphatic heterocycles. The Balaban J connectivity index is 0.000000490. The van der Waals surface area contributed by atoms with E-state index >= 15 is 0 Å². The maximum absolute atomic E-state index is 8.49. The van der Waals surface area contributed by atoms with Crippen molar-refractivity contribution in [1.29, 1.82) is 0 Å². The van der Waals surface area contributed by atoms with E-state index in [1.165, 1.54) is 0 Å². The molecular weight excluding hydrogens is 124 g/mol. The van der Waals surface area contributed by atoms with E-state index in [4.69, 9.17) is 9.84 Å². The number of aliphatic hydroxyl groups is 1. The molecule has 0 aliphatic carbocycles. The van der Waals surface area contributed by atoms with E-state index in [1.54, 1.807) is 0 Å². The van der Waals surface area contributed by atoms with Gasteiger partial charge in [0.1, 0.15) is 0 Å². The van der Waals surface area contributed by atoms with Crippen LogP contribution in [0.5, 0.6) is 0 Å². The first kappa shape index (κ1) is 8.27. The van der Waals surface area contributed by atoms with Crippen LogP contribution in [-0.2, 0) is 4.74 Å². The number of rotatable bonds is 1. The summed E-state index contributed by atoms with van der Waals surface area (Å²) in [5.74, 6) is 0.431. The minimum Gasteiger partial charge on any atom is -0.396 e. The highest BCUT2D eigenvalue weighted by Crippen LogP contribution is 2.09. The Morgan fingerprint density at radius 1 is 1.62 bits per heavy atom. The highest BCUT2D eigenvalue weighted by Gasteiger charge is 2.12. The molecule has 0 aromatic heterocycles. The molecule has 1 saturated heterocycles. The summed E-state index contributed by atoms with van der Waals surface area (Å²) >= 11 is 0. The van der Waals surface area contributed by atoms with Crippen LogP contribution in [0.15, 0.2) is 0 Å². The number of aliphatic hydroxyl groups excluding tert-OH is 1. The van der Waals surface area contributed by atoms with Gasteiger partial charge in [-0.05, 0) is 6.42 Å². The molecule has 2 nitrogen and oxygen atoms in total. The third kappa shape index (κ3) is 2.03. The van der Waals surface area contributed by atoms with Crippen molar-refractivity contribution >= 4 is 13.5 Å². The highest BCUT2D eigenvalue weighted by molar-refractivity contribution is 7.59. The summed E-state index contributed by atoms with van der Waals surface area (Å²) in [6.45, 7) is 1.89.